The predicted molar refractivity (Wildman–Crippen MR) is 64.6 cm³/mol. The van der Waals surface area contributed by atoms with Crippen LogP contribution in [0.4, 0.5) is 0 Å². The third-order valence-corrected chi connectivity index (χ3v) is 2.57. The fourth-order valence-electron chi connectivity index (χ4n) is 1.52. The molecule has 0 atom stereocenters. The van der Waals surface area contributed by atoms with Crippen molar-refractivity contribution in [3.8, 4) is 11.8 Å². The zero-order chi connectivity index (χ0) is 13.0. The van der Waals surface area contributed by atoms with Crippen LogP contribution in [-0.2, 0) is 0 Å². The fraction of sp³-hybridized carbons (Fsp3) is 0.385. The van der Waals surface area contributed by atoms with Crippen LogP contribution in [0.15, 0.2) is 18.2 Å². The smallest absolute Gasteiger partial charge is 0.254 e. The molecule has 4 nitrogen and oxygen atoms in total. The first-order valence-electron chi connectivity index (χ1n) is 5.45. The lowest BCUT2D eigenvalue weighted by Gasteiger charge is -2.24. The summed E-state index contributed by atoms with van der Waals surface area (Å²) in [6.45, 7) is 5.53. The molecule has 0 aliphatic heterocycles. The Bertz CT molecular complexity index is 461. The third kappa shape index (κ3) is 2.97. The monoisotopic (exact) mass is 232 g/mol. The second-order valence-corrected chi connectivity index (χ2v) is 4.19. The molecule has 1 amide bonds. The summed E-state index contributed by atoms with van der Waals surface area (Å²) in [6, 6.07) is 6.64. The molecule has 0 aromatic heterocycles. The molecule has 0 unspecified atom stereocenters. The minimum Gasteiger partial charge on any atom is -0.508 e. The van der Waals surface area contributed by atoms with Crippen molar-refractivity contribution in [2.24, 2.45) is 0 Å². The Balaban J connectivity index is 3.02. The van der Waals surface area contributed by atoms with Gasteiger partial charge in [-0.3, -0.25) is 4.79 Å². The molecule has 1 aromatic rings. The lowest BCUT2D eigenvalue weighted by atomic mass is 10.1. The van der Waals surface area contributed by atoms with Crippen LogP contribution in [0.3, 0.4) is 0 Å². The van der Waals surface area contributed by atoms with Crippen molar-refractivity contribution < 1.29 is 9.90 Å². The van der Waals surface area contributed by atoms with Gasteiger partial charge in [-0.25, -0.2) is 0 Å². The van der Waals surface area contributed by atoms with Crippen molar-refractivity contribution in [3.05, 3.63) is 29.3 Å². The van der Waals surface area contributed by atoms with Crippen molar-refractivity contribution >= 4 is 5.91 Å². The first kappa shape index (κ1) is 13.0. The number of carbonyl (C=O) groups is 1. The van der Waals surface area contributed by atoms with E-state index in [4.69, 9.17) is 5.26 Å². The average Bonchev–Trinajstić information content (AvgIpc) is 2.28. The number of nitriles is 1. The molecule has 4 heteroatoms. The van der Waals surface area contributed by atoms with Gasteiger partial charge in [-0.2, -0.15) is 5.26 Å². The van der Waals surface area contributed by atoms with E-state index < -0.39 is 0 Å². The SMILES string of the molecule is Cc1cc(C(=O)N(CC#N)C(C)C)ccc1O. The molecule has 90 valence electrons. The van der Waals surface area contributed by atoms with Gasteiger partial charge in [0.2, 0.25) is 0 Å². The predicted octanol–water partition coefficient (Wildman–Crippen LogP) is 2.07. The lowest BCUT2D eigenvalue weighted by molar-refractivity contribution is 0.0731. The Morgan fingerprint density at radius 3 is 2.65 bits per heavy atom. The van der Waals surface area contributed by atoms with Crippen LogP contribution < -0.4 is 0 Å². The maximum Gasteiger partial charge on any atom is 0.254 e. The number of aryl methyl sites for hydroxylation is 1. The van der Waals surface area contributed by atoms with Gasteiger partial charge in [0.1, 0.15) is 12.3 Å². The zero-order valence-corrected chi connectivity index (χ0v) is 10.3. The summed E-state index contributed by atoms with van der Waals surface area (Å²) >= 11 is 0. The molecule has 0 aliphatic carbocycles. The molecule has 1 N–H and O–H groups in total. The van der Waals surface area contributed by atoms with Crippen LogP contribution in [0.1, 0.15) is 29.8 Å². The second-order valence-electron chi connectivity index (χ2n) is 4.19. The van der Waals surface area contributed by atoms with Crippen LogP contribution in [-0.4, -0.2) is 28.5 Å². The van der Waals surface area contributed by atoms with Gasteiger partial charge in [0, 0.05) is 11.6 Å². The van der Waals surface area contributed by atoms with E-state index in [2.05, 4.69) is 0 Å². The van der Waals surface area contributed by atoms with E-state index in [1.807, 2.05) is 19.9 Å². The number of hydrogen-bond acceptors (Lipinski definition) is 3. The minimum absolute atomic E-state index is 0.0312. The van der Waals surface area contributed by atoms with Gasteiger partial charge in [0.05, 0.1) is 6.07 Å². The quantitative estimate of drug-likeness (QED) is 0.811. The molecule has 17 heavy (non-hydrogen) atoms. The largest absolute Gasteiger partial charge is 0.508 e. The highest BCUT2D eigenvalue weighted by atomic mass is 16.3. The van der Waals surface area contributed by atoms with Crippen molar-refractivity contribution in [1.82, 2.24) is 4.90 Å². The van der Waals surface area contributed by atoms with E-state index in [0.717, 1.165) is 0 Å². The first-order valence-corrected chi connectivity index (χ1v) is 5.45. The van der Waals surface area contributed by atoms with E-state index in [-0.39, 0.29) is 24.2 Å². The maximum atomic E-state index is 12.1. The molecular weight excluding hydrogens is 216 g/mol. The molecule has 0 saturated carbocycles. The summed E-state index contributed by atoms with van der Waals surface area (Å²) in [7, 11) is 0. The van der Waals surface area contributed by atoms with E-state index >= 15 is 0 Å². The summed E-state index contributed by atoms with van der Waals surface area (Å²) in [5, 5.41) is 18.1. The number of aromatic hydroxyl groups is 1. The first-order chi connectivity index (χ1) is 7.97. The van der Waals surface area contributed by atoms with Crippen LogP contribution >= 0.6 is 0 Å². The highest BCUT2D eigenvalue weighted by Crippen LogP contribution is 2.18. The van der Waals surface area contributed by atoms with Gasteiger partial charge < -0.3 is 10.0 Å². The number of nitrogens with zero attached hydrogens (tertiary/aromatic N) is 2. The van der Waals surface area contributed by atoms with Gasteiger partial charge in [0.25, 0.3) is 5.91 Å². The molecule has 0 bridgehead atoms. The van der Waals surface area contributed by atoms with Gasteiger partial charge >= 0.3 is 0 Å². The van der Waals surface area contributed by atoms with Gasteiger partial charge in [-0.05, 0) is 44.5 Å². The number of phenolic OH excluding ortho intramolecular Hbond substituents is 1. The molecule has 0 spiro atoms. The van der Waals surface area contributed by atoms with Gasteiger partial charge in [0.15, 0.2) is 0 Å². The van der Waals surface area contributed by atoms with Crippen LogP contribution in [0, 0.1) is 18.3 Å². The Labute approximate surface area is 101 Å². The summed E-state index contributed by atoms with van der Waals surface area (Å²) in [5.74, 6) is -0.0254. The summed E-state index contributed by atoms with van der Waals surface area (Å²) < 4.78 is 0. The Morgan fingerprint density at radius 1 is 1.53 bits per heavy atom. The van der Waals surface area contributed by atoms with Crippen molar-refractivity contribution in [2.75, 3.05) is 6.54 Å². The zero-order valence-electron chi connectivity index (χ0n) is 10.3. The number of amides is 1. The average molecular weight is 232 g/mol. The van der Waals surface area contributed by atoms with E-state index in [0.29, 0.717) is 11.1 Å². The third-order valence-electron chi connectivity index (χ3n) is 2.57. The van der Waals surface area contributed by atoms with Crippen LogP contribution in [0.2, 0.25) is 0 Å². The lowest BCUT2D eigenvalue weighted by Crippen LogP contribution is -2.37. The Morgan fingerprint density at radius 2 is 2.18 bits per heavy atom. The molecule has 0 aliphatic rings. The minimum atomic E-state index is -0.190. The van der Waals surface area contributed by atoms with Gasteiger partial charge in [-0.1, -0.05) is 0 Å². The molecular formula is C13H16N2O2. The second kappa shape index (κ2) is 5.35. The van der Waals surface area contributed by atoms with E-state index in [9.17, 15) is 9.90 Å². The molecule has 0 heterocycles. The summed E-state index contributed by atoms with van der Waals surface area (Å²) in [5.41, 5.74) is 1.14. The van der Waals surface area contributed by atoms with Gasteiger partial charge in [-0.15, -0.1) is 0 Å². The topological polar surface area (TPSA) is 64.3 Å². The molecule has 1 rings (SSSR count). The van der Waals surface area contributed by atoms with Crippen molar-refractivity contribution in [3.63, 3.8) is 0 Å². The Hall–Kier alpha value is -2.02. The number of benzene rings is 1. The number of carbonyl (C=O) groups excluding carboxylic acids is 1. The number of rotatable bonds is 3. The van der Waals surface area contributed by atoms with Crippen molar-refractivity contribution in [2.45, 2.75) is 26.8 Å². The van der Waals surface area contributed by atoms with E-state index in [1.165, 1.54) is 11.0 Å². The number of hydrogen-bond donors (Lipinski definition) is 1. The van der Waals surface area contributed by atoms with Crippen LogP contribution in [0.25, 0.3) is 0 Å². The molecule has 0 fully saturated rings. The normalized spacial score (nSPS) is 10.1. The van der Waals surface area contributed by atoms with Crippen LogP contribution in [0.5, 0.6) is 5.75 Å². The van der Waals surface area contributed by atoms with Crippen molar-refractivity contribution in [1.29, 1.82) is 5.26 Å². The molecule has 1 aromatic carbocycles. The summed E-state index contributed by atoms with van der Waals surface area (Å²) in [6.07, 6.45) is 0. The van der Waals surface area contributed by atoms with E-state index in [1.54, 1.807) is 19.1 Å². The fourth-order valence-corrected chi connectivity index (χ4v) is 1.52. The maximum absolute atomic E-state index is 12.1. The standard InChI is InChI=1S/C13H16N2O2/c1-9(2)15(7-6-14)13(17)11-4-5-12(16)10(3)8-11/h4-5,8-9,16H,7H2,1-3H3. The summed E-state index contributed by atoms with van der Waals surface area (Å²) in [4.78, 5) is 13.6. The number of phenols is 1. The highest BCUT2D eigenvalue weighted by molar-refractivity contribution is 5.95. The highest BCUT2D eigenvalue weighted by Gasteiger charge is 2.18. The molecule has 0 radical (unpaired) electrons. The molecule has 0 saturated heterocycles. The Kier molecular flexibility index (Phi) is 4.11.